The zero-order valence-corrected chi connectivity index (χ0v) is 6.32. The topological polar surface area (TPSA) is 42.9 Å². The molecule has 1 heterocycles. The van der Waals surface area contributed by atoms with Crippen LogP contribution in [0.25, 0.3) is 6.08 Å². The number of aldehydes is 1. The van der Waals surface area contributed by atoms with Gasteiger partial charge in [0.15, 0.2) is 5.82 Å². The van der Waals surface area contributed by atoms with Gasteiger partial charge in [0.1, 0.15) is 6.29 Å². The summed E-state index contributed by atoms with van der Waals surface area (Å²) >= 11 is 5.53. The number of halogens is 1. The molecular formula is C7H5ClN2O. The average Bonchev–Trinajstić information content (AvgIpc) is 2.04. The van der Waals surface area contributed by atoms with E-state index >= 15 is 0 Å². The van der Waals surface area contributed by atoms with Crippen molar-refractivity contribution in [1.82, 2.24) is 9.97 Å². The highest BCUT2D eigenvalue weighted by Crippen LogP contribution is 2.02. The van der Waals surface area contributed by atoms with Crippen LogP contribution >= 0.6 is 11.6 Å². The Balaban J connectivity index is 2.81. The lowest BCUT2D eigenvalue weighted by atomic mass is 10.5. The van der Waals surface area contributed by atoms with Gasteiger partial charge in [-0.05, 0) is 12.2 Å². The molecule has 0 unspecified atom stereocenters. The Labute approximate surface area is 68.7 Å². The minimum Gasteiger partial charge on any atom is -0.299 e. The largest absolute Gasteiger partial charge is 0.299 e. The number of carbonyl (C=O) groups is 1. The molecule has 0 atom stereocenters. The van der Waals surface area contributed by atoms with Crippen molar-refractivity contribution in [1.29, 1.82) is 0 Å². The van der Waals surface area contributed by atoms with Crippen LogP contribution in [0.3, 0.4) is 0 Å². The maximum absolute atomic E-state index is 9.88. The summed E-state index contributed by atoms with van der Waals surface area (Å²) in [5.74, 6) is 0.474. The lowest BCUT2D eigenvalue weighted by Crippen LogP contribution is -1.84. The summed E-state index contributed by atoms with van der Waals surface area (Å²) in [4.78, 5) is 17.5. The van der Waals surface area contributed by atoms with E-state index in [9.17, 15) is 4.79 Å². The molecule has 0 saturated carbocycles. The molecule has 0 spiro atoms. The Morgan fingerprint density at radius 3 is 2.55 bits per heavy atom. The van der Waals surface area contributed by atoms with E-state index in [0.29, 0.717) is 17.1 Å². The number of nitrogens with zero attached hydrogens (tertiary/aromatic N) is 2. The fourth-order valence-corrected chi connectivity index (χ4v) is 0.631. The van der Waals surface area contributed by atoms with Gasteiger partial charge in [0.2, 0.25) is 0 Å². The molecule has 0 aliphatic heterocycles. The Hall–Kier alpha value is -1.22. The van der Waals surface area contributed by atoms with E-state index in [2.05, 4.69) is 9.97 Å². The van der Waals surface area contributed by atoms with Crippen LogP contribution in [-0.2, 0) is 4.79 Å². The Kier molecular flexibility index (Phi) is 2.74. The summed E-state index contributed by atoms with van der Waals surface area (Å²) in [6.07, 6.45) is 6.43. The lowest BCUT2D eigenvalue weighted by molar-refractivity contribution is -0.104. The number of aromatic nitrogens is 2. The molecule has 0 aliphatic carbocycles. The normalized spacial score (nSPS) is 10.3. The zero-order valence-electron chi connectivity index (χ0n) is 5.57. The summed E-state index contributed by atoms with van der Waals surface area (Å²) in [6.45, 7) is 0. The Morgan fingerprint density at radius 1 is 1.36 bits per heavy atom. The molecular weight excluding hydrogens is 164 g/mol. The maximum Gasteiger partial charge on any atom is 0.151 e. The monoisotopic (exact) mass is 168 g/mol. The van der Waals surface area contributed by atoms with Gasteiger partial charge in [-0.25, -0.2) is 9.97 Å². The number of carbonyl (C=O) groups excluding carboxylic acids is 1. The van der Waals surface area contributed by atoms with Crippen LogP contribution in [0.2, 0.25) is 5.02 Å². The van der Waals surface area contributed by atoms with Crippen molar-refractivity contribution in [2.45, 2.75) is 0 Å². The van der Waals surface area contributed by atoms with Crippen LogP contribution in [0.15, 0.2) is 18.5 Å². The molecule has 1 aromatic rings. The minimum atomic E-state index is 0.474. The summed E-state index contributed by atoms with van der Waals surface area (Å²) in [5.41, 5.74) is 0. The molecule has 56 valence electrons. The first-order chi connectivity index (χ1) is 5.33. The molecule has 1 aromatic heterocycles. The van der Waals surface area contributed by atoms with Gasteiger partial charge in [-0.3, -0.25) is 4.79 Å². The second-order valence-electron chi connectivity index (χ2n) is 1.75. The predicted octanol–water partition coefficient (Wildman–Crippen LogP) is 1.34. The van der Waals surface area contributed by atoms with Gasteiger partial charge >= 0.3 is 0 Å². The molecule has 0 aliphatic rings. The van der Waals surface area contributed by atoms with Crippen molar-refractivity contribution >= 4 is 24.0 Å². The second-order valence-corrected chi connectivity index (χ2v) is 2.19. The van der Waals surface area contributed by atoms with Gasteiger partial charge in [-0.1, -0.05) is 11.6 Å². The molecule has 3 nitrogen and oxygen atoms in total. The van der Waals surface area contributed by atoms with Gasteiger partial charge in [-0.2, -0.15) is 0 Å². The number of allylic oxidation sites excluding steroid dienone is 1. The molecule has 0 saturated heterocycles. The Bertz CT molecular complexity index is 268. The van der Waals surface area contributed by atoms with Gasteiger partial charge in [0, 0.05) is 12.4 Å². The van der Waals surface area contributed by atoms with Crippen molar-refractivity contribution in [3.8, 4) is 0 Å². The molecule has 0 bridgehead atoms. The van der Waals surface area contributed by atoms with E-state index in [1.54, 1.807) is 0 Å². The number of hydrogen-bond donors (Lipinski definition) is 0. The van der Waals surface area contributed by atoms with Crippen molar-refractivity contribution in [2.24, 2.45) is 0 Å². The SMILES string of the molecule is O=CC=Cc1ncc(Cl)cn1. The standard InChI is InChI=1S/C7H5ClN2O/c8-6-4-9-7(10-5-6)2-1-3-11/h1-5H. The third-order valence-electron chi connectivity index (χ3n) is 0.964. The highest BCUT2D eigenvalue weighted by molar-refractivity contribution is 6.30. The molecule has 0 radical (unpaired) electrons. The van der Waals surface area contributed by atoms with Crippen LogP contribution in [0, 0.1) is 0 Å². The van der Waals surface area contributed by atoms with Gasteiger partial charge in [0.05, 0.1) is 5.02 Å². The Morgan fingerprint density at radius 2 is 2.00 bits per heavy atom. The summed E-state index contributed by atoms with van der Waals surface area (Å²) < 4.78 is 0. The van der Waals surface area contributed by atoms with Crippen LogP contribution in [0.4, 0.5) is 0 Å². The van der Waals surface area contributed by atoms with Crippen molar-refractivity contribution in [3.63, 3.8) is 0 Å². The average molecular weight is 169 g/mol. The van der Waals surface area contributed by atoms with Gasteiger partial charge < -0.3 is 0 Å². The summed E-state index contributed by atoms with van der Waals surface area (Å²) in [6, 6.07) is 0. The molecule has 4 heteroatoms. The van der Waals surface area contributed by atoms with Crippen molar-refractivity contribution < 1.29 is 4.79 Å². The first-order valence-electron chi connectivity index (χ1n) is 2.92. The fourth-order valence-electron chi connectivity index (χ4n) is 0.534. The van der Waals surface area contributed by atoms with Crippen molar-refractivity contribution in [2.75, 3.05) is 0 Å². The summed E-state index contributed by atoms with van der Waals surface area (Å²) in [5, 5.41) is 0.480. The number of hydrogen-bond acceptors (Lipinski definition) is 3. The fraction of sp³-hybridized carbons (Fsp3) is 0. The molecule has 1 rings (SSSR count). The molecule has 0 N–H and O–H groups in total. The van der Waals surface area contributed by atoms with E-state index in [1.807, 2.05) is 0 Å². The van der Waals surface area contributed by atoms with Gasteiger partial charge in [-0.15, -0.1) is 0 Å². The third kappa shape index (κ3) is 2.47. The molecule has 0 amide bonds. The zero-order chi connectivity index (χ0) is 8.10. The highest BCUT2D eigenvalue weighted by atomic mass is 35.5. The van der Waals surface area contributed by atoms with Crippen LogP contribution in [0.5, 0.6) is 0 Å². The molecule has 0 fully saturated rings. The first kappa shape index (κ1) is 7.88. The maximum atomic E-state index is 9.88. The summed E-state index contributed by atoms with van der Waals surface area (Å²) in [7, 11) is 0. The van der Waals surface area contributed by atoms with E-state index in [0.717, 1.165) is 0 Å². The molecule has 0 aromatic carbocycles. The van der Waals surface area contributed by atoms with Crippen LogP contribution < -0.4 is 0 Å². The van der Waals surface area contributed by atoms with E-state index < -0.39 is 0 Å². The van der Waals surface area contributed by atoms with Crippen LogP contribution in [-0.4, -0.2) is 16.3 Å². The van der Waals surface area contributed by atoms with Gasteiger partial charge in [0.25, 0.3) is 0 Å². The molecule has 11 heavy (non-hydrogen) atoms. The predicted molar refractivity (Wildman–Crippen MR) is 42.1 cm³/mol. The third-order valence-corrected chi connectivity index (χ3v) is 1.16. The quantitative estimate of drug-likeness (QED) is 0.495. The second kappa shape index (κ2) is 3.83. The smallest absolute Gasteiger partial charge is 0.151 e. The van der Waals surface area contributed by atoms with E-state index in [-0.39, 0.29) is 0 Å². The van der Waals surface area contributed by atoms with E-state index in [4.69, 9.17) is 11.6 Å². The first-order valence-corrected chi connectivity index (χ1v) is 3.30. The highest BCUT2D eigenvalue weighted by Gasteiger charge is 1.88. The lowest BCUT2D eigenvalue weighted by Gasteiger charge is -1.89. The van der Waals surface area contributed by atoms with Crippen molar-refractivity contribution in [3.05, 3.63) is 29.3 Å². The van der Waals surface area contributed by atoms with E-state index in [1.165, 1.54) is 24.5 Å². The van der Waals surface area contributed by atoms with Crippen LogP contribution in [0.1, 0.15) is 5.82 Å². The number of rotatable bonds is 2. The minimum absolute atomic E-state index is 0.474.